The van der Waals surface area contributed by atoms with Gasteiger partial charge in [-0.15, -0.1) is 0 Å². The molecule has 0 aromatic carbocycles. The zero-order valence-electron chi connectivity index (χ0n) is 3.76. The number of hydrogen-bond acceptors (Lipinski definition) is 2. The smallest absolute Gasteiger partial charge is 0.293 e. The zero-order chi connectivity index (χ0) is 5.28. The molecule has 0 aliphatic carbocycles. The Labute approximate surface area is 42.2 Å². The lowest BCUT2D eigenvalue weighted by atomic mass is 9.66. The van der Waals surface area contributed by atoms with Gasteiger partial charge in [-0.1, -0.05) is 0 Å². The van der Waals surface area contributed by atoms with Gasteiger partial charge >= 0.3 is 0 Å². The van der Waals surface area contributed by atoms with Gasteiger partial charge in [0.15, 0.2) is 0 Å². The van der Waals surface area contributed by atoms with E-state index in [1.807, 2.05) is 0 Å². The quantitative estimate of drug-likeness (QED) is 0.347. The van der Waals surface area contributed by atoms with Crippen LogP contribution in [0.3, 0.4) is 0 Å². The van der Waals surface area contributed by atoms with Crippen LogP contribution in [0, 0.1) is 0 Å². The van der Waals surface area contributed by atoms with Crippen LogP contribution in [0.2, 0.25) is 0 Å². The number of carboxylic acid groups (broad SMARTS) is 1. The number of hydrogen-bond donors (Lipinski definition) is 1. The molecule has 0 amide bonds. The van der Waals surface area contributed by atoms with Crippen molar-refractivity contribution in [3.05, 3.63) is 0 Å². The lowest BCUT2D eigenvalue weighted by Gasteiger charge is -1.78. The van der Waals surface area contributed by atoms with Crippen molar-refractivity contribution in [1.82, 2.24) is 0 Å². The van der Waals surface area contributed by atoms with Crippen LogP contribution in [0.5, 0.6) is 0 Å². The van der Waals surface area contributed by atoms with Crippen molar-refractivity contribution in [3.63, 3.8) is 0 Å². The summed E-state index contributed by atoms with van der Waals surface area (Å²) in [7, 11) is 0.798. The summed E-state index contributed by atoms with van der Waals surface area (Å²) in [4.78, 5) is 9.77. The second-order valence-electron chi connectivity index (χ2n) is 1.55. The highest BCUT2D eigenvalue weighted by Crippen LogP contribution is 2.01. The molecule has 1 N–H and O–H groups in total. The molecule has 1 aliphatic heterocycles. The Balaban J connectivity index is 2.08. The first-order valence-electron chi connectivity index (χ1n) is 2.12. The minimum atomic E-state index is -0.775. The molecule has 1 atom stereocenters. The molecule has 1 fully saturated rings. The molecule has 0 aromatic rings. The highest BCUT2D eigenvalue weighted by molar-refractivity contribution is 6.82. The van der Waals surface area contributed by atoms with Gasteiger partial charge in [-0.25, -0.2) is 0 Å². The molecule has 1 heterocycles. The summed E-state index contributed by atoms with van der Waals surface area (Å²) < 4.78 is 4.64. The van der Waals surface area contributed by atoms with E-state index >= 15 is 0 Å². The van der Waals surface area contributed by atoms with Crippen LogP contribution in [-0.4, -0.2) is 31.6 Å². The number of carbonyl (C=O) groups is 1. The van der Waals surface area contributed by atoms with Crippen LogP contribution in [0.1, 0.15) is 0 Å². The van der Waals surface area contributed by atoms with E-state index in [0.717, 1.165) is 0 Å². The van der Waals surface area contributed by atoms with Gasteiger partial charge in [-0.05, 0) is 0 Å². The van der Waals surface area contributed by atoms with Crippen molar-refractivity contribution >= 4 is 20.6 Å². The summed E-state index contributed by atoms with van der Waals surface area (Å²) in [6, 6.07) is 0. The molecule has 36 valence electrons. The van der Waals surface area contributed by atoms with Gasteiger partial charge in [0.1, 0.15) is 0 Å². The average Bonchev–Trinajstić information content (AvgIpc) is 2.17. The molecular weight excluding hydrogens is 93.6 g/mol. The first-order valence-corrected chi connectivity index (χ1v) is 2.12. The van der Waals surface area contributed by atoms with Crippen molar-refractivity contribution < 1.29 is 14.6 Å². The second-order valence-corrected chi connectivity index (χ2v) is 1.55. The lowest BCUT2D eigenvalue weighted by Crippen LogP contribution is -2.12. The Morgan fingerprint density at radius 2 is 2.57 bits per heavy atom. The van der Waals surface area contributed by atoms with Crippen LogP contribution >= 0.6 is 0 Å². The van der Waals surface area contributed by atoms with E-state index in [1.165, 1.54) is 0 Å². The summed E-state index contributed by atoms with van der Waals surface area (Å²) >= 11 is 0. The molecule has 0 spiro atoms. The van der Waals surface area contributed by atoms with Gasteiger partial charge in [-0.3, -0.25) is 4.79 Å². The highest BCUT2D eigenvalue weighted by Gasteiger charge is 2.29. The predicted molar refractivity (Wildman–Crippen MR) is 27.2 cm³/mol. The van der Waals surface area contributed by atoms with Crippen LogP contribution in [-0.2, 0) is 4.65 Å². The van der Waals surface area contributed by atoms with Crippen molar-refractivity contribution in [2.45, 2.75) is 5.90 Å². The zero-order valence-corrected chi connectivity index (χ0v) is 3.76. The van der Waals surface area contributed by atoms with Crippen LogP contribution in [0.4, 0.5) is 4.79 Å². The standard InChI is InChI=1S/C2H4B2O3/c5-2(6)3-1-4-7-1/h1,3-4H,(H,5,6). The van der Waals surface area contributed by atoms with Gasteiger partial charge in [0, 0.05) is 5.90 Å². The maximum atomic E-state index is 9.77. The van der Waals surface area contributed by atoms with Gasteiger partial charge in [0.05, 0.1) is 0 Å². The third kappa shape index (κ3) is 1.64. The first-order chi connectivity index (χ1) is 3.29. The summed E-state index contributed by atoms with van der Waals surface area (Å²) in [6.45, 7) is 0. The van der Waals surface area contributed by atoms with Gasteiger partial charge in [0.2, 0.25) is 5.87 Å². The third-order valence-electron chi connectivity index (χ3n) is 0.805. The van der Waals surface area contributed by atoms with Crippen molar-refractivity contribution in [1.29, 1.82) is 0 Å². The Bertz CT molecular complexity index is 88.9. The van der Waals surface area contributed by atoms with E-state index in [-0.39, 0.29) is 13.2 Å². The largest absolute Gasteiger partial charge is 0.489 e. The van der Waals surface area contributed by atoms with E-state index in [4.69, 9.17) is 5.11 Å². The van der Waals surface area contributed by atoms with Gasteiger partial charge in [0.25, 0.3) is 14.8 Å². The summed E-state index contributed by atoms with van der Waals surface area (Å²) in [5, 5.41) is 8.04. The monoisotopic (exact) mass is 98.0 g/mol. The topological polar surface area (TPSA) is 49.8 Å². The minimum Gasteiger partial charge on any atom is -0.489 e. The average molecular weight is 97.7 g/mol. The number of rotatable bonds is 2. The fraction of sp³-hybridized carbons (Fsp3) is 0.500. The maximum Gasteiger partial charge on any atom is 0.293 e. The van der Waals surface area contributed by atoms with Crippen molar-refractivity contribution in [2.24, 2.45) is 0 Å². The normalized spacial score (nSPS) is 25.4. The molecule has 1 saturated heterocycles. The van der Waals surface area contributed by atoms with Crippen molar-refractivity contribution in [2.75, 3.05) is 0 Å². The Morgan fingerprint density at radius 1 is 2.00 bits per heavy atom. The summed E-state index contributed by atoms with van der Waals surface area (Å²) in [5.41, 5.74) is 0. The highest BCUT2D eigenvalue weighted by atomic mass is 16.5. The maximum absolute atomic E-state index is 9.77. The SMILES string of the molecule is O=C(O)BC1BO1. The molecule has 0 aromatic heterocycles. The van der Waals surface area contributed by atoms with Gasteiger partial charge in [-0.2, -0.15) is 0 Å². The fourth-order valence-electron chi connectivity index (χ4n) is 0.381. The fourth-order valence-corrected chi connectivity index (χ4v) is 0.381. The third-order valence-corrected chi connectivity index (χ3v) is 0.805. The molecule has 0 bridgehead atoms. The molecule has 0 saturated carbocycles. The van der Waals surface area contributed by atoms with E-state index in [0.29, 0.717) is 7.48 Å². The second kappa shape index (κ2) is 1.58. The molecule has 7 heavy (non-hydrogen) atoms. The van der Waals surface area contributed by atoms with E-state index < -0.39 is 5.87 Å². The Morgan fingerprint density at radius 3 is 2.71 bits per heavy atom. The summed E-state index contributed by atoms with van der Waals surface area (Å²) in [6.07, 6.45) is 0. The van der Waals surface area contributed by atoms with E-state index in [1.54, 1.807) is 0 Å². The molecule has 5 heteroatoms. The predicted octanol–water partition coefficient (Wildman–Crippen LogP) is -1.23. The lowest BCUT2D eigenvalue weighted by molar-refractivity contribution is 0.219. The minimum absolute atomic E-state index is 0.0255. The van der Waals surface area contributed by atoms with E-state index in [9.17, 15) is 4.79 Å². The first kappa shape index (κ1) is 4.71. The van der Waals surface area contributed by atoms with Crippen molar-refractivity contribution in [3.8, 4) is 0 Å². The van der Waals surface area contributed by atoms with Crippen LogP contribution in [0.25, 0.3) is 0 Å². The van der Waals surface area contributed by atoms with Gasteiger partial charge < -0.3 is 9.76 Å². The molecule has 1 rings (SSSR count). The van der Waals surface area contributed by atoms with E-state index in [2.05, 4.69) is 4.65 Å². The van der Waals surface area contributed by atoms with Crippen LogP contribution in [0.15, 0.2) is 0 Å². The Kier molecular flexibility index (Phi) is 1.06. The van der Waals surface area contributed by atoms with Crippen LogP contribution < -0.4 is 0 Å². The molecule has 1 aliphatic rings. The molecule has 1 unspecified atom stereocenters. The molecular formula is C2H4B2O3. The summed E-state index contributed by atoms with van der Waals surface area (Å²) in [5.74, 6) is -0.750. The molecule has 3 nitrogen and oxygen atoms in total. The Hall–Kier alpha value is -0.440. The molecule has 0 radical (unpaired) electrons.